The Morgan fingerprint density at radius 3 is 2.71 bits per heavy atom. The van der Waals surface area contributed by atoms with E-state index >= 15 is 0 Å². The van der Waals surface area contributed by atoms with Gasteiger partial charge in [-0.2, -0.15) is 11.3 Å². The van der Waals surface area contributed by atoms with Crippen molar-refractivity contribution in [2.24, 2.45) is 4.99 Å². The maximum atomic E-state index is 12.1. The molecule has 0 radical (unpaired) electrons. The number of hydrogen-bond acceptors (Lipinski definition) is 5. The van der Waals surface area contributed by atoms with E-state index in [4.69, 9.17) is 11.6 Å². The minimum absolute atomic E-state index is 0.214. The summed E-state index contributed by atoms with van der Waals surface area (Å²) >= 11 is 8.46. The highest BCUT2D eigenvalue weighted by molar-refractivity contribution is 7.91. The highest BCUT2D eigenvalue weighted by Crippen LogP contribution is 2.25. The fraction of sp³-hybridized carbons (Fsp3) is 0.357. The number of sulfonamides is 1. The standard InChI is InChI=1S/C14H19ClN4O2S3/c1-16-14(19(2)9-11-5-8-22-10-11)17-6-7-18-24(20,21)13-4-3-12(15)23-13/h3-5,8,10,18H,6-7,9H2,1-2H3,(H,16,17). The Morgan fingerprint density at radius 1 is 1.33 bits per heavy atom. The van der Waals surface area contributed by atoms with Gasteiger partial charge in [-0.15, -0.1) is 11.3 Å². The summed E-state index contributed by atoms with van der Waals surface area (Å²) in [7, 11) is 0.121. The lowest BCUT2D eigenvalue weighted by Crippen LogP contribution is -2.42. The van der Waals surface area contributed by atoms with Crippen LogP contribution in [0.25, 0.3) is 0 Å². The Labute approximate surface area is 155 Å². The van der Waals surface area contributed by atoms with Crippen LogP contribution >= 0.6 is 34.3 Å². The van der Waals surface area contributed by atoms with Gasteiger partial charge < -0.3 is 10.2 Å². The SMILES string of the molecule is CN=C(NCCNS(=O)(=O)c1ccc(Cl)s1)N(C)Cc1ccsc1. The molecule has 0 aliphatic carbocycles. The van der Waals surface area contributed by atoms with Gasteiger partial charge in [-0.1, -0.05) is 11.6 Å². The van der Waals surface area contributed by atoms with Gasteiger partial charge in [0.05, 0.1) is 4.34 Å². The Morgan fingerprint density at radius 2 is 2.12 bits per heavy atom. The molecule has 24 heavy (non-hydrogen) atoms. The highest BCUT2D eigenvalue weighted by Gasteiger charge is 2.16. The molecule has 2 heterocycles. The van der Waals surface area contributed by atoms with E-state index in [0.717, 1.165) is 17.9 Å². The first-order chi connectivity index (χ1) is 11.4. The molecule has 0 amide bonds. The van der Waals surface area contributed by atoms with Crippen LogP contribution in [0.1, 0.15) is 5.56 Å². The van der Waals surface area contributed by atoms with E-state index in [9.17, 15) is 8.42 Å². The fourth-order valence-corrected chi connectivity index (χ4v) is 5.21. The van der Waals surface area contributed by atoms with Gasteiger partial charge in [0, 0.05) is 33.7 Å². The molecular weight excluding hydrogens is 388 g/mol. The number of halogens is 1. The normalized spacial score (nSPS) is 12.4. The largest absolute Gasteiger partial charge is 0.355 e. The number of rotatable bonds is 7. The molecule has 0 bridgehead atoms. The van der Waals surface area contributed by atoms with E-state index in [1.165, 1.54) is 11.6 Å². The van der Waals surface area contributed by atoms with Gasteiger partial charge in [0.25, 0.3) is 0 Å². The lowest BCUT2D eigenvalue weighted by Gasteiger charge is -2.21. The lowest BCUT2D eigenvalue weighted by molar-refractivity contribution is 0.477. The summed E-state index contributed by atoms with van der Waals surface area (Å²) in [5.41, 5.74) is 1.21. The average Bonchev–Trinajstić information content (AvgIpc) is 3.19. The monoisotopic (exact) mass is 406 g/mol. The van der Waals surface area contributed by atoms with Crippen LogP contribution in [0.5, 0.6) is 0 Å². The third-order valence-electron chi connectivity index (χ3n) is 3.09. The van der Waals surface area contributed by atoms with E-state index in [-0.39, 0.29) is 10.8 Å². The van der Waals surface area contributed by atoms with E-state index in [2.05, 4.69) is 26.5 Å². The summed E-state index contributed by atoms with van der Waals surface area (Å²) in [5, 5.41) is 7.26. The van der Waals surface area contributed by atoms with Crippen molar-refractivity contribution in [1.82, 2.24) is 14.9 Å². The zero-order valence-corrected chi connectivity index (χ0v) is 16.5. The predicted molar refractivity (Wildman–Crippen MR) is 102 cm³/mol. The number of guanidine groups is 1. The first-order valence-electron chi connectivity index (χ1n) is 7.10. The van der Waals surface area contributed by atoms with Crippen molar-refractivity contribution in [3.63, 3.8) is 0 Å². The van der Waals surface area contributed by atoms with Crippen LogP contribution in [0.4, 0.5) is 0 Å². The number of aliphatic imine (C=N–C) groups is 1. The molecule has 0 saturated carbocycles. The second-order valence-electron chi connectivity index (χ2n) is 4.92. The van der Waals surface area contributed by atoms with Crippen molar-refractivity contribution in [3.05, 3.63) is 38.9 Å². The molecule has 10 heteroatoms. The molecule has 0 fully saturated rings. The van der Waals surface area contributed by atoms with Gasteiger partial charge in [-0.05, 0) is 34.5 Å². The molecule has 0 aromatic carbocycles. The lowest BCUT2D eigenvalue weighted by atomic mass is 10.3. The van der Waals surface area contributed by atoms with E-state index in [0.29, 0.717) is 16.8 Å². The quantitative estimate of drug-likeness (QED) is 0.421. The molecule has 2 rings (SSSR count). The number of nitrogens with zero attached hydrogens (tertiary/aromatic N) is 2. The first kappa shape index (κ1) is 19.2. The van der Waals surface area contributed by atoms with Gasteiger partial charge in [0.15, 0.2) is 5.96 Å². The Hall–Kier alpha value is -1.13. The average molecular weight is 407 g/mol. The van der Waals surface area contributed by atoms with Gasteiger partial charge in [-0.3, -0.25) is 4.99 Å². The van der Waals surface area contributed by atoms with Crippen molar-refractivity contribution < 1.29 is 8.42 Å². The maximum absolute atomic E-state index is 12.1. The van der Waals surface area contributed by atoms with Crippen molar-refractivity contribution >= 4 is 50.3 Å². The molecule has 0 saturated heterocycles. The molecule has 0 unspecified atom stereocenters. The molecule has 0 aliphatic rings. The molecule has 0 atom stereocenters. The molecule has 0 aliphatic heterocycles. The first-order valence-corrected chi connectivity index (χ1v) is 10.7. The van der Waals surface area contributed by atoms with Crippen LogP contribution in [-0.2, 0) is 16.6 Å². The smallest absolute Gasteiger partial charge is 0.250 e. The van der Waals surface area contributed by atoms with Gasteiger partial charge in [-0.25, -0.2) is 13.1 Å². The molecule has 6 nitrogen and oxygen atoms in total. The third kappa shape index (κ3) is 5.45. The van der Waals surface area contributed by atoms with Crippen molar-refractivity contribution in [3.8, 4) is 0 Å². The highest BCUT2D eigenvalue weighted by atomic mass is 35.5. The number of thiophene rings is 2. The summed E-state index contributed by atoms with van der Waals surface area (Å²) in [5.74, 6) is 0.708. The van der Waals surface area contributed by atoms with Crippen molar-refractivity contribution in [2.75, 3.05) is 27.2 Å². The van der Waals surface area contributed by atoms with Crippen LogP contribution in [0.2, 0.25) is 4.34 Å². The summed E-state index contributed by atoms with van der Waals surface area (Å²) in [4.78, 5) is 6.19. The summed E-state index contributed by atoms with van der Waals surface area (Å²) in [6, 6.07) is 5.13. The van der Waals surface area contributed by atoms with Crippen molar-refractivity contribution in [2.45, 2.75) is 10.8 Å². The Kier molecular flexibility index (Phi) is 7.05. The van der Waals surface area contributed by atoms with Crippen LogP contribution in [0.15, 0.2) is 38.2 Å². The Bertz CT molecular complexity index is 772. The van der Waals surface area contributed by atoms with Crippen LogP contribution in [-0.4, -0.2) is 46.5 Å². The fourth-order valence-electron chi connectivity index (χ4n) is 1.99. The topological polar surface area (TPSA) is 73.8 Å². The second-order valence-corrected chi connectivity index (χ2v) is 9.41. The second kappa shape index (κ2) is 8.82. The third-order valence-corrected chi connectivity index (χ3v) is 7.00. The van der Waals surface area contributed by atoms with Crippen LogP contribution in [0, 0.1) is 0 Å². The summed E-state index contributed by atoms with van der Waals surface area (Å²) < 4.78 is 27.4. The zero-order chi connectivity index (χ0) is 17.6. The minimum Gasteiger partial charge on any atom is -0.355 e. The molecular formula is C14H19ClN4O2S3. The molecule has 2 aromatic rings. The molecule has 132 valence electrons. The van der Waals surface area contributed by atoms with Crippen LogP contribution < -0.4 is 10.0 Å². The minimum atomic E-state index is -3.51. The number of hydrogen-bond donors (Lipinski definition) is 2. The van der Waals surface area contributed by atoms with E-state index in [1.54, 1.807) is 24.5 Å². The molecule has 2 N–H and O–H groups in total. The maximum Gasteiger partial charge on any atom is 0.250 e. The Balaban J connectivity index is 1.79. The van der Waals surface area contributed by atoms with E-state index in [1.807, 2.05) is 17.3 Å². The zero-order valence-electron chi connectivity index (χ0n) is 13.3. The van der Waals surface area contributed by atoms with Crippen molar-refractivity contribution in [1.29, 1.82) is 0 Å². The van der Waals surface area contributed by atoms with Gasteiger partial charge in [0.1, 0.15) is 4.21 Å². The molecule has 2 aromatic heterocycles. The summed E-state index contributed by atoms with van der Waals surface area (Å²) in [6.45, 7) is 1.42. The van der Waals surface area contributed by atoms with Crippen LogP contribution in [0.3, 0.4) is 0 Å². The summed E-state index contributed by atoms with van der Waals surface area (Å²) in [6.07, 6.45) is 0. The number of nitrogens with one attached hydrogen (secondary N) is 2. The predicted octanol–water partition coefficient (Wildman–Crippen LogP) is 2.45. The van der Waals surface area contributed by atoms with Gasteiger partial charge in [0.2, 0.25) is 10.0 Å². The molecule has 0 spiro atoms. The van der Waals surface area contributed by atoms with Gasteiger partial charge >= 0.3 is 0 Å². The van der Waals surface area contributed by atoms with E-state index < -0.39 is 10.0 Å².